The Kier molecular flexibility index (Phi) is 5.76. The van der Waals surface area contributed by atoms with Crippen LogP contribution in [0, 0.1) is 12.8 Å². The number of aromatic nitrogens is 5. The molecule has 7 nitrogen and oxygen atoms in total. The Balaban J connectivity index is 0.00000256. The fraction of sp³-hybridized carbons (Fsp3) is 0.565. The molecule has 0 aliphatic heterocycles. The monoisotopic (exact) mass is 411 g/mol. The van der Waals surface area contributed by atoms with E-state index < -0.39 is 0 Å². The number of hydrogen-bond donors (Lipinski definition) is 0. The zero-order valence-corrected chi connectivity index (χ0v) is 18.1. The molecule has 0 saturated heterocycles. The van der Waals surface area contributed by atoms with Crippen molar-refractivity contribution in [3.63, 3.8) is 0 Å². The first kappa shape index (κ1) is 22.0. The fourth-order valence-electron chi connectivity index (χ4n) is 3.90. The van der Waals surface area contributed by atoms with Crippen molar-refractivity contribution >= 4 is 16.7 Å². The molecule has 3 aromatic rings. The largest absolute Gasteiger partial charge is 0.474 e. The van der Waals surface area contributed by atoms with Gasteiger partial charge in [-0.2, -0.15) is 10.2 Å². The number of carbonyl (C=O) groups excluding carboxylic acids is 1. The highest BCUT2D eigenvalue weighted by atomic mass is 16.5. The molecule has 0 unspecified atom stereocenters. The zero-order chi connectivity index (χ0) is 20.9. The maximum absolute atomic E-state index is 11.7. The molecule has 0 N–H and O–H groups in total. The third-order valence-electron chi connectivity index (χ3n) is 5.88. The zero-order valence-electron chi connectivity index (χ0n) is 18.1. The minimum atomic E-state index is -0.104. The molecule has 1 saturated carbocycles. The van der Waals surface area contributed by atoms with E-state index in [2.05, 4.69) is 31.0 Å². The second kappa shape index (κ2) is 7.85. The van der Waals surface area contributed by atoms with E-state index in [1.165, 1.54) is 0 Å². The number of nitrogens with zero attached hydrogens (tertiary/aromatic N) is 5. The first-order valence-electron chi connectivity index (χ1n) is 10.2. The lowest BCUT2D eigenvalue weighted by Crippen LogP contribution is -2.22. The number of carbonyl (C=O) groups is 1. The van der Waals surface area contributed by atoms with Gasteiger partial charge in [0, 0.05) is 43.3 Å². The fourth-order valence-corrected chi connectivity index (χ4v) is 3.90. The number of pyridine rings is 1. The van der Waals surface area contributed by atoms with E-state index in [0.29, 0.717) is 24.5 Å². The Labute approximate surface area is 178 Å². The molecule has 0 aromatic carbocycles. The van der Waals surface area contributed by atoms with Crippen LogP contribution in [0.1, 0.15) is 60.1 Å². The van der Waals surface area contributed by atoms with Crippen LogP contribution in [-0.2, 0) is 17.4 Å². The number of ether oxygens (including phenoxy) is 1. The topological polar surface area (TPSA) is 74.8 Å². The summed E-state index contributed by atoms with van der Waals surface area (Å²) in [6.07, 6.45) is 5.88. The molecular formula is C23H33N5O2. The summed E-state index contributed by atoms with van der Waals surface area (Å²) < 4.78 is 10.1. The average Bonchev–Trinajstić information content (AvgIpc) is 3.34. The van der Waals surface area contributed by atoms with Crippen LogP contribution < -0.4 is 4.74 Å². The van der Waals surface area contributed by atoms with Gasteiger partial charge in [-0.1, -0.05) is 7.43 Å². The molecule has 3 heterocycles. The Morgan fingerprint density at radius 3 is 2.63 bits per heavy atom. The lowest BCUT2D eigenvalue weighted by molar-refractivity contribution is -0.117. The summed E-state index contributed by atoms with van der Waals surface area (Å²) in [5, 5.41) is 10.1. The SMILES string of the molecule is C.Cc1c2c(O[C@H](C)[C@H]3CCC(=O)C3)nc(-c3cnn(C(C)(C)C)c3)cc2nn1C. The molecule has 4 rings (SSSR count). The Morgan fingerprint density at radius 2 is 2.03 bits per heavy atom. The van der Waals surface area contributed by atoms with Crippen LogP contribution in [0.2, 0.25) is 0 Å². The number of ketones is 1. The lowest BCUT2D eigenvalue weighted by Gasteiger charge is -2.20. The number of fused-ring (bicyclic) bond motifs is 1. The summed E-state index contributed by atoms with van der Waals surface area (Å²) in [5.74, 6) is 1.14. The van der Waals surface area contributed by atoms with Gasteiger partial charge < -0.3 is 4.74 Å². The average molecular weight is 412 g/mol. The van der Waals surface area contributed by atoms with Gasteiger partial charge in [0.15, 0.2) is 0 Å². The van der Waals surface area contributed by atoms with Crippen molar-refractivity contribution in [3.8, 4) is 17.1 Å². The maximum atomic E-state index is 11.7. The minimum Gasteiger partial charge on any atom is -0.474 e. The summed E-state index contributed by atoms with van der Waals surface area (Å²) >= 11 is 0. The molecule has 0 spiro atoms. The highest BCUT2D eigenvalue weighted by molar-refractivity contribution is 5.89. The number of rotatable bonds is 4. The summed E-state index contributed by atoms with van der Waals surface area (Å²) in [7, 11) is 1.93. The lowest BCUT2D eigenvalue weighted by atomic mass is 10.0. The Hall–Kier alpha value is -2.70. The molecule has 0 amide bonds. The predicted molar refractivity (Wildman–Crippen MR) is 119 cm³/mol. The molecule has 162 valence electrons. The Morgan fingerprint density at radius 1 is 1.30 bits per heavy atom. The van der Waals surface area contributed by atoms with Crippen molar-refractivity contribution in [2.24, 2.45) is 13.0 Å². The van der Waals surface area contributed by atoms with Gasteiger partial charge in [-0.25, -0.2) is 4.98 Å². The molecule has 1 fully saturated rings. The third-order valence-corrected chi connectivity index (χ3v) is 5.88. The van der Waals surface area contributed by atoms with Crippen LogP contribution in [0.5, 0.6) is 5.88 Å². The van der Waals surface area contributed by atoms with Crippen LogP contribution in [-0.4, -0.2) is 36.4 Å². The van der Waals surface area contributed by atoms with Gasteiger partial charge in [-0.05, 0) is 47.1 Å². The third kappa shape index (κ3) is 3.98. The predicted octanol–water partition coefficient (Wildman–Crippen LogP) is 4.67. The number of Topliss-reactive ketones (excluding diaryl/α,β-unsaturated/α-hetero) is 1. The van der Waals surface area contributed by atoms with E-state index in [1.807, 2.05) is 48.7 Å². The highest BCUT2D eigenvalue weighted by Gasteiger charge is 2.29. The van der Waals surface area contributed by atoms with E-state index in [9.17, 15) is 4.79 Å². The highest BCUT2D eigenvalue weighted by Crippen LogP contribution is 2.34. The summed E-state index contributed by atoms with van der Waals surface area (Å²) in [6.45, 7) is 10.4. The van der Waals surface area contributed by atoms with E-state index in [4.69, 9.17) is 9.72 Å². The van der Waals surface area contributed by atoms with Gasteiger partial charge in [0.2, 0.25) is 5.88 Å². The van der Waals surface area contributed by atoms with Crippen molar-refractivity contribution in [1.82, 2.24) is 24.5 Å². The molecule has 2 atom stereocenters. The molecule has 0 bridgehead atoms. The number of hydrogen-bond acceptors (Lipinski definition) is 5. The van der Waals surface area contributed by atoms with Gasteiger partial charge in [0.05, 0.1) is 22.8 Å². The van der Waals surface area contributed by atoms with Crippen molar-refractivity contribution in [3.05, 3.63) is 24.2 Å². The van der Waals surface area contributed by atoms with Gasteiger partial charge in [0.1, 0.15) is 17.4 Å². The second-order valence-electron chi connectivity index (χ2n) is 9.12. The molecule has 1 aliphatic rings. The van der Waals surface area contributed by atoms with E-state index in [1.54, 1.807) is 0 Å². The van der Waals surface area contributed by atoms with E-state index in [0.717, 1.165) is 34.3 Å². The van der Waals surface area contributed by atoms with Crippen molar-refractivity contribution < 1.29 is 9.53 Å². The molecule has 1 aliphatic carbocycles. The summed E-state index contributed by atoms with van der Waals surface area (Å²) in [4.78, 5) is 16.6. The van der Waals surface area contributed by atoms with Gasteiger partial charge >= 0.3 is 0 Å². The van der Waals surface area contributed by atoms with Gasteiger partial charge in [-0.3, -0.25) is 14.2 Å². The smallest absolute Gasteiger partial charge is 0.225 e. The minimum absolute atomic E-state index is 0. The van der Waals surface area contributed by atoms with Gasteiger partial charge in [0.25, 0.3) is 0 Å². The van der Waals surface area contributed by atoms with Crippen LogP contribution in [0.3, 0.4) is 0 Å². The van der Waals surface area contributed by atoms with Crippen LogP contribution in [0.15, 0.2) is 18.5 Å². The second-order valence-corrected chi connectivity index (χ2v) is 9.12. The van der Waals surface area contributed by atoms with Crippen LogP contribution in [0.25, 0.3) is 22.2 Å². The first-order valence-corrected chi connectivity index (χ1v) is 10.2. The molecule has 0 radical (unpaired) electrons. The first-order chi connectivity index (χ1) is 13.6. The molecule has 3 aromatic heterocycles. The van der Waals surface area contributed by atoms with Crippen LogP contribution in [0.4, 0.5) is 0 Å². The van der Waals surface area contributed by atoms with E-state index >= 15 is 0 Å². The van der Waals surface area contributed by atoms with Crippen molar-refractivity contribution in [2.75, 3.05) is 0 Å². The standard InChI is InChI=1S/C22H29N5O2.CH4/c1-13-20-19(25-26(13)6)10-18(16-11-23-27(12-16)22(3,4)5)24-21(20)29-14(2)15-7-8-17(28)9-15;/h10-12,14-15H,7-9H2,1-6H3;1H4/t14-,15+;/m1./s1. The summed E-state index contributed by atoms with van der Waals surface area (Å²) in [6, 6.07) is 1.99. The van der Waals surface area contributed by atoms with E-state index in [-0.39, 0.29) is 25.0 Å². The molecule has 7 heteroatoms. The van der Waals surface area contributed by atoms with Crippen LogP contribution >= 0.6 is 0 Å². The normalized spacial score (nSPS) is 17.9. The van der Waals surface area contributed by atoms with Crippen molar-refractivity contribution in [2.45, 2.75) is 73.0 Å². The van der Waals surface area contributed by atoms with Crippen molar-refractivity contribution in [1.29, 1.82) is 0 Å². The molecule has 30 heavy (non-hydrogen) atoms. The summed E-state index contributed by atoms with van der Waals surface area (Å²) in [5.41, 5.74) is 3.47. The quantitative estimate of drug-likeness (QED) is 0.624. The Bertz CT molecular complexity index is 1070. The number of aryl methyl sites for hydroxylation is 2. The maximum Gasteiger partial charge on any atom is 0.225 e. The van der Waals surface area contributed by atoms with Gasteiger partial charge in [-0.15, -0.1) is 0 Å². The molecular weight excluding hydrogens is 378 g/mol.